The van der Waals surface area contributed by atoms with Crippen molar-refractivity contribution in [2.45, 2.75) is 0 Å². The Morgan fingerprint density at radius 1 is 0.309 bits per heavy atom. The number of hydrogen-bond donors (Lipinski definition) is 0. The largest absolute Gasteiger partial charge is 0.309 e. The van der Waals surface area contributed by atoms with E-state index >= 15 is 0 Å². The van der Waals surface area contributed by atoms with Crippen LogP contribution in [0.5, 0.6) is 0 Å². The summed E-state index contributed by atoms with van der Waals surface area (Å²) in [7, 11) is 0. The van der Waals surface area contributed by atoms with Crippen LogP contribution in [-0.4, -0.2) is 9.55 Å². The molecule has 0 saturated carbocycles. The lowest BCUT2D eigenvalue weighted by Crippen LogP contribution is -1.93. The summed E-state index contributed by atoms with van der Waals surface area (Å²) in [6, 6.07) is 70.8. The molecule has 11 aromatic rings. The molecule has 55 heavy (non-hydrogen) atoms. The third kappa shape index (κ3) is 5.15. The average Bonchev–Trinajstić information content (AvgIpc) is 3.59. The van der Waals surface area contributed by atoms with Crippen molar-refractivity contribution >= 4 is 54.1 Å². The van der Waals surface area contributed by atoms with Crippen LogP contribution >= 0.6 is 0 Å². The minimum atomic E-state index is 1.15. The molecule has 0 fully saturated rings. The van der Waals surface area contributed by atoms with Crippen molar-refractivity contribution in [3.8, 4) is 50.2 Å². The number of aromatic nitrogens is 2. The summed E-state index contributed by atoms with van der Waals surface area (Å²) in [5.74, 6) is 0. The standard InChI is InChI=1S/C53H34N2/c1-2-12-43(13-3-1)55-50-29-28-41(33-48(50)49-34-54-31-30-51(49)55)38-20-18-36(19-21-38)37-22-25-39(26-23-37)52-44-14-6-8-16-46(44)53(47-17-9-7-15-45(47)52)42-27-24-35-10-4-5-11-40(35)32-42/h1-34H. The van der Waals surface area contributed by atoms with Gasteiger partial charge in [-0.15, -0.1) is 0 Å². The number of fused-ring (bicyclic) bond motifs is 6. The number of hydrogen-bond acceptors (Lipinski definition) is 1. The SMILES string of the molecule is c1ccc(-n2c3ccncc3c3cc(-c4ccc(-c5ccc(-c6c7ccccc7c(-c7ccc8ccccc8c7)c7ccccc67)cc5)cc4)ccc32)cc1. The maximum atomic E-state index is 4.48. The third-order valence-corrected chi connectivity index (χ3v) is 11.3. The second-order valence-electron chi connectivity index (χ2n) is 14.4. The first-order valence-electron chi connectivity index (χ1n) is 18.9. The molecule has 0 N–H and O–H groups in total. The van der Waals surface area contributed by atoms with Gasteiger partial charge in [-0.2, -0.15) is 0 Å². The normalized spacial score (nSPS) is 11.6. The highest BCUT2D eigenvalue weighted by atomic mass is 15.0. The lowest BCUT2D eigenvalue weighted by atomic mass is 9.85. The van der Waals surface area contributed by atoms with Gasteiger partial charge in [0.1, 0.15) is 0 Å². The van der Waals surface area contributed by atoms with E-state index in [1.54, 1.807) is 0 Å². The Hall–Kier alpha value is -7.29. The van der Waals surface area contributed by atoms with Gasteiger partial charge in [0, 0.05) is 28.9 Å². The van der Waals surface area contributed by atoms with Gasteiger partial charge < -0.3 is 4.57 Å². The zero-order chi connectivity index (χ0) is 36.3. The molecule has 0 unspecified atom stereocenters. The number of rotatable bonds is 5. The molecule has 0 spiro atoms. The van der Waals surface area contributed by atoms with Gasteiger partial charge in [-0.25, -0.2) is 0 Å². The lowest BCUT2D eigenvalue weighted by Gasteiger charge is -2.18. The molecule has 9 aromatic carbocycles. The fourth-order valence-corrected chi connectivity index (χ4v) is 8.68. The van der Waals surface area contributed by atoms with Crippen molar-refractivity contribution in [2.24, 2.45) is 0 Å². The molecule has 0 aliphatic rings. The summed E-state index contributed by atoms with van der Waals surface area (Å²) in [5.41, 5.74) is 13.3. The number of para-hydroxylation sites is 1. The van der Waals surface area contributed by atoms with Gasteiger partial charge in [0.15, 0.2) is 0 Å². The Labute approximate surface area is 319 Å². The fourth-order valence-electron chi connectivity index (χ4n) is 8.68. The molecule has 0 aliphatic carbocycles. The first-order valence-corrected chi connectivity index (χ1v) is 18.9. The van der Waals surface area contributed by atoms with Gasteiger partial charge in [0.2, 0.25) is 0 Å². The maximum Gasteiger partial charge on any atom is 0.0571 e. The molecule has 0 radical (unpaired) electrons. The summed E-state index contributed by atoms with van der Waals surface area (Å²) in [6.45, 7) is 0. The van der Waals surface area contributed by atoms with Crippen LogP contribution in [-0.2, 0) is 0 Å². The Balaban J connectivity index is 0.961. The van der Waals surface area contributed by atoms with E-state index in [9.17, 15) is 0 Å². The van der Waals surface area contributed by atoms with Gasteiger partial charge in [-0.3, -0.25) is 4.98 Å². The van der Waals surface area contributed by atoms with Crippen molar-refractivity contribution in [1.29, 1.82) is 0 Å². The molecule has 2 heteroatoms. The molecule has 0 bridgehead atoms. The minimum Gasteiger partial charge on any atom is -0.309 e. The Morgan fingerprint density at radius 2 is 0.800 bits per heavy atom. The van der Waals surface area contributed by atoms with E-state index in [1.165, 1.54) is 87.7 Å². The van der Waals surface area contributed by atoms with Crippen LogP contribution in [0.25, 0.3) is 104 Å². The predicted octanol–water partition coefficient (Wildman–Crippen LogP) is 14.3. The number of nitrogens with zero attached hydrogens (tertiary/aromatic N) is 2. The quantitative estimate of drug-likeness (QED) is 0.164. The van der Waals surface area contributed by atoms with E-state index in [0.717, 1.165) is 16.6 Å². The van der Waals surface area contributed by atoms with Gasteiger partial charge in [0.25, 0.3) is 0 Å². The predicted molar refractivity (Wildman–Crippen MR) is 233 cm³/mol. The van der Waals surface area contributed by atoms with Gasteiger partial charge >= 0.3 is 0 Å². The van der Waals surface area contributed by atoms with Crippen LogP contribution in [0.1, 0.15) is 0 Å². The molecule has 256 valence electrons. The van der Waals surface area contributed by atoms with Crippen LogP contribution < -0.4 is 0 Å². The van der Waals surface area contributed by atoms with Crippen LogP contribution in [0.15, 0.2) is 207 Å². The van der Waals surface area contributed by atoms with E-state index in [-0.39, 0.29) is 0 Å². The van der Waals surface area contributed by atoms with Crippen molar-refractivity contribution in [3.05, 3.63) is 207 Å². The third-order valence-electron chi connectivity index (χ3n) is 11.3. The van der Waals surface area contributed by atoms with E-state index in [4.69, 9.17) is 0 Å². The van der Waals surface area contributed by atoms with E-state index in [2.05, 4.69) is 204 Å². The van der Waals surface area contributed by atoms with Crippen molar-refractivity contribution in [3.63, 3.8) is 0 Å². The molecular formula is C53H34N2. The summed E-state index contributed by atoms with van der Waals surface area (Å²) in [5, 5.41) is 9.94. The highest BCUT2D eigenvalue weighted by molar-refractivity contribution is 6.21. The first kappa shape index (κ1) is 31.3. The van der Waals surface area contributed by atoms with E-state index in [1.807, 2.05) is 12.4 Å². The van der Waals surface area contributed by atoms with Gasteiger partial charge in [-0.05, 0) is 113 Å². The van der Waals surface area contributed by atoms with Gasteiger partial charge in [-0.1, -0.05) is 158 Å². The smallest absolute Gasteiger partial charge is 0.0571 e. The van der Waals surface area contributed by atoms with E-state index in [0.29, 0.717) is 0 Å². The van der Waals surface area contributed by atoms with Gasteiger partial charge in [0.05, 0.1) is 11.0 Å². The second-order valence-corrected chi connectivity index (χ2v) is 14.4. The molecule has 0 saturated heterocycles. The molecule has 11 rings (SSSR count). The van der Waals surface area contributed by atoms with Crippen LogP contribution in [0.4, 0.5) is 0 Å². The molecule has 0 atom stereocenters. The molecule has 2 heterocycles. The molecular weight excluding hydrogens is 665 g/mol. The molecule has 2 aromatic heterocycles. The monoisotopic (exact) mass is 698 g/mol. The Bertz CT molecular complexity index is 3170. The minimum absolute atomic E-state index is 1.15. The van der Waals surface area contributed by atoms with Crippen molar-refractivity contribution in [2.75, 3.05) is 0 Å². The van der Waals surface area contributed by atoms with Crippen molar-refractivity contribution < 1.29 is 0 Å². The molecule has 0 aliphatic heterocycles. The first-order chi connectivity index (χ1) is 27.3. The molecule has 2 nitrogen and oxygen atoms in total. The average molecular weight is 699 g/mol. The summed E-state index contributed by atoms with van der Waals surface area (Å²) >= 11 is 0. The maximum absolute atomic E-state index is 4.48. The van der Waals surface area contributed by atoms with Crippen LogP contribution in [0.2, 0.25) is 0 Å². The van der Waals surface area contributed by atoms with Crippen LogP contribution in [0.3, 0.4) is 0 Å². The Kier molecular flexibility index (Phi) is 7.21. The highest BCUT2D eigenvalue weighted by Gasteiger charge is 2.17. The zero-order valence-corrected chi connectivity index (χ0v) is 30.0. The van der Waals surface area contributed by atoms with Crippen molar-refractivity contribution in [1.82, 2.24) is 9.55 Å². The van der Waals surface area contributed by atoms with Crippen LogP contribution in [0, 0.1) is 0 Å². The summed E-state index contributed by atoms with van der Waals surface area (Å²) < 4.78 is 2.33. The lowest BCUT2D eigenvalue weighted by molar-refractivity contribution is 1.17. The second kappa shape index (κ2) is 12.7. The summed E-state index contributed by atoms with van der Waals surface area (Å²) in [6.07, 6.45) is 3.86. The topological polar surface area (TPSA) is 17.8 Å². The molecule has 0 amide bonds. The summed E-state index contributed by atoms with van der Waals surface area (Å²) in [4.78, 5) is 4.48. The number of benzene rings is 9. The highest BCUT2D eigenvalue weighted by Crippen LogP contribution is 2.44. The fraction of sp³-hybridized carbons (Fsp3) is 0. The zero-order valence-electron chi connectivity index (χ0n) is 30.0. The van der Waals surface area contributed by atoms with E-state index < -0.39 is 0 Å². The number of pyridine rings is 1. The Morgan fingerprint density at radius 3 is 1.45 bits per heavy atom.